The lowest BCUT2D eigenvalue weighted by Gasteiger charge is -2.43. The summed E-state index contributed by atoms with van der Waals surface area (Å²) in [6.45, 7) is 2.86. The average Bonchev–Trinajstić information content (AvgIpc) is 2.84. The largest absolute Gasteiger partial charge is 0.496 e. The van der Waals surface area contributed by atoms with Gasteiger partial charge in [0.1, 0.15) is 5.75 Å². The first kappa shape index (κ1) is 16.4. The minimum absolute atomic E-state index is 0. The Hall–Kier alpha value is -0.980. The Labute approximate surface area is 144 Å². The molecule has 1 N–H and O–H groups in total. The maximum absolute atomic E-state index is 5.55. The molecule has 5 heteroatoms. The van der Waals surface area contributed by atoms with Crippen LogP contribution in [0.25, 0.3) is 0 Å². The van der Waals surface area contributed by atoms with E-state index in [1.54, 1.807) is 7.11 Å². The van der Waals surface area contributed by atoms with Crippen LogP contribution in [-0.4, -0.2) is 44.7 Å². The molecule has 0 unspecified atom stereocenters. The first-order valence-corrected chi connectivity index (χ1v) is 7.38. The van der Waals surface area contributed by atoms with Gasteiger partial charge in [-0.15, -0.1) is 24.0 Å². The molecule has 116 valence electrons. The Bertz CT molecular complexity index is 514. The van der Waals surface area contributed by atoms with E-state index in [0.29, 0.717) is 0 Å². The highest BCUT2D eigenvalue weighted by Crippen LogP contribution is 2.46. The molecule has 0 aromatic heterocycles. The Morgan fingerprint density at radius 2 is 2.10 bits per heavy atom. The first-order valence-electron chi connectivity index (χ1n) is 7.38. The summed E-state index contributed by atoms with van der Waals surface area (Å²) >= 11 is 0. The molecule has 1 heterocycles. The molecular weight excluding hydrogens is 377 g/mol. The summed E-state index contributed by atoms with van der Waals surface area (Å²) in [4.78, 5) is 6.70. The van der Waals surface area contributed by atoms with Crippen LogP contribution in [0.1, 0.15) is 24.8 Å². The van der Waals surface area contributed by atoms with E-state index in [9.17, 15) is 0 Å². The zero-order valence-corrected chi connectivity index (χ0v) is 15.1. The molecule has 0 radical (unpaired) electrons. The van der Waals surface area contributed by atoms with Crippen LogP contribution in [0.15, 0.2) is 29.3 Å². The maximum atomic E-state index is 5.55. The monoisotopic (exact) mass is 401 g/mol. The Kier molecular flexibility index (Phi) is 5.35. The van der Waals surface area contributed by atoms with Crippen molar-refractivity contribution in [1.29, 1.82) is 0 Å². The second-order valence-corrected chi connectivity index (χ2v) is 5.81. The molecule has 0 spiro atoms. The molecule has 1 aromatic rings. The average molecular weight is 401 g/mol. The van der Waals surface area contributed by atoms with Crippen molar-refractivity contribution in [1.82, 2.24) is 10.2 Å². The molecule has 3 rings (SSSR count). The Morgan fingerprint density at radius 1 is 1.33 bits per heavy atom. The minimum Gasteiger partial charge on any atom is -0.496 e. The van der Waals surface area contributed by atoms with Crippen LogP contribution in [0.4, 0.5) is 0 Å². The number of benzene rings is 1. The third-order valence-corrected chi connectivity index (χ3v) is 4.63. The summed E-state index contributed by atoms with van der Waals surface area (Å²) in [5, 5.41) is 3.54. The van der Waals surface area contributed by atoms with Crippen LogP contribution >= 0.6 is 24.0 Å². The van der Waals surface area contributed by atoms with Gasteiger partial charge in [0, 0.05) is 31.1 Å². The number of halogens is 1. The van der Waals surface area contributed by atoms with Gasteiger partial charge in [0.2, 0.25) is 0 Å². The Balaban J connectivity index is 0.00000161. The minimum atomic E-state index is 0. The number of hydrogen-bond donors (Lipinski definition) is 1. The second kappa shape index (κ2) is 6.85. The number of ether oxygens (including phenoxy) is 1. The summed E-state index contributed by atoms with van der Waals surface area (Å²) < 4.78 is 5.55. The lowest BCUT2D eigenvalue weighted by molar-refractivity contribution is 0.234. The van der Waals surface area contributed by atoms with Crippen molar-refractivity contribution in [3.8, 4) is 5.75 Å². The standard InChI is InChI=1S/C16H23N3O.HI/c1-19-11-10-17-15(19)18-12-16(8-5-9-16)13-6-3-4-7-14(13)20-2;/h3-4,6-7H,5,8-12H2,1-2H3,(H,17,18);1H. The Morgan fingerprint density at radius 3 is 2.67 bits per heavy atom. The summed E-state index contributed by atoms with van der Waals surface area (Å²) in [7, 11) is 3.85. The van der Waals surface area contributed by atoms with Crippen LogP contribution in [0.2, 0.25) is 0 Å². The number of hydrogen-bond acceptors (Lipinski definition) is 4. The smallest absolute Gasteiger partial charge is 0.193 e. The molecule has 1 aliphatic heterocycles. The van der Waals surface area contributed by atoms with Crippen LogP contribution < -0.4 is 10.1 Å². The van der Waals surface area contributed by atoms with E-state index in [4.69, 9.17) is 4.74 Å². The quantitative estimate of drug-likeness (QED) is 0.789. The van der Waals surface area contributed by atoms with Crippen molar-refractivity contribution in [2.24, 2.45) is 4.99 Å². The van der Waals surface area contributed by atoms with Crippen molar-refractivity contribution in [3.05, 3.63) is 29.8 Å². The fraction of sp³-hybridized carbons (Fsp3) is 0.562. The fourth-order valence-corrected chi connectivity index (χ4v) is 3.20. The zero-order valence-electron chi connectivity index (χ0n) is 12.8. The molecule has 0 amide bonds. The van der Waals surface area contributed by atoms with Gasteiger partial charge in [0.05, 0.1) is 13.7 Å². The first-order chi connectivity index (χ1) is 9.75. The zero-order chi connectivity index (χ0) is 14.0. The number of para-hydroxylation sites is 1. The van der Waals surface area contributed by atoms with Crippen molar-refractivity contribution < 1.29 is 4.74 Å². The van der Waals surface area contributed by atoms with Gasteiger partial charge in [0.15, 0.2) is 5.96 Å². The maximum Gasteiger partial charge on any atom is 0.193 e. The van der Waals surface area contributed by atoms with E-state index in [2.05, 4.69) is 40.5 Å². The third kappa shape index (κ3) is 3.12. The van der Waals surface area contributed by atoms with Gasteiger partial charge < -0.3 is 15.0 Å². The van der Waals surface area contributed by atoms with E-state index >= 15 is 0 Å². The topological polar surface area (TPSA) is 36.9 Å². The number of methoxy groups -OCH3 is 1. The van der Waals surface area contributed by atoms with Gasteiger partial charge >= 0.3 is 0 Å². The molecule has 0 atom stereocenters. The van der Waals surface area contributed by atoms with Gasteiger partial charge in [-0.25, -0.2) is 0 Å². The molecular formula is C16H24IN3O. The number of nitrogens with one attached hydrogen (secondary N) is 1. The van der Waals surface area contributed by atoms with Crippen molar-refractivity contribution in [2.45, 2.75) is 24.7 Å². The summed E-state index contributed by atoms with van der Waals surface area (Å²) in [6.07, 6.45) is 3.73. The van der Waals surface area contributed by atoms with Crippen LogP contribution in [0, 0.1) is 0 Å². The number of likely N-dealkylation sites (N-methyl/N-ethyl adjacent to an activating group) is 1. The summed E-state index contributed by atoms with van der Waals surface area (Å²) in [5.41, 5.74) is 1.54. The predicted octanol–water partition coefficient (Wildman–Crippen LogP) is 2.63. The molecule has 1 aliphatic carbocycles. The van der Waals surface area contributed by atoms with E-state index in [1.165, 1.54) is 24.8 Å². The number of rotatable bonds is 4. The summed E-state index contributed by atoms with van der Waals surface area (Å²) in [5.74, 6) is 2.04. The molecule has 0 saturated heterocycles. The number of guanidine groups is 1. The van der Waals surface area contributed by atoms with Crippen molar-refractivity contribution in [2.75, 3.05) is 33.8 Å². The molecule has 1 saturated carbocycles. The van der Waals surface area contributed by atoms with Gasteiger partial charge in [0.25, 0.3) is 0 Å². The van der Waals surface area contributed by atoms with Crippen molar-refractivity contribution in [3.63, 3.8) is 0 Å². The van der Waals surface area contributed by atoms with Gasteiger partial charge in [-0.2, -0.15) is 0 Å². The lowest BCUT2D eigenvalue weighted by Crippen LogP contribution is -2.48. The highest BCUT2D eigenvalue weighted by atomic mass is 127. The number of aliphatic imine (C=N–C) groups is 1. The van der Waals surface area contributed by atoms with E-state index in [0.717, 1.165) is 31.3 Å². The molecule has 1 aromatic carbocycles. The molecule has 21 heavy (non-hydrogen) atoms. The van der Waals surface area contributed by atoms with E-state index < -0.39 is 0 Å². The van der Waals surface area contributed by atoms with Gasteiger partial charge in [-0.1, -0.05) is 24.6 Å². The molecule has 0 bridgehead atoms. The van der Waals surface area contributed by atoms with Crippen LogP contribution in [-0.2, 0) is 5.41 Å². The van der Waals surface area contributed by atoms with Crippen LogP contribution in [0.3, 0.4) is 0 Å². The SMILES string of the molecule is COc1ccccc1C1(CNC2=NCCN2C)CCC1.I. The predicted molar refractivity (Wildman–Crippen MR) is 96.9 cm³/mol. The number of nitrogens with zero attached hydrogens (tertiary/aromatic N) is 2. The molecule has 1 fully saturated rings. The second-order valence-electron chi connectivity index (χ2n) is 5.81. The summed E-state index contributed by atoms with van der Waals surface area (Å²) in [6, 6.07) is 8.42. The highest BCUT2D eigenvalue weighted by molar-refractivity contribution is 14.0. The lowest BCUT2D eigenvalue weighted by atomic mass is 9.64. The normalized spacial score (nSPS) is 19.3. The molecule has 2 aliphatic rings. The van der Waals surface area contributed by atoms with E-state index in [-0.39, 0.29) is 29.4 Å². The van der Waals surface area contributed by atoms with Gasteiger partial charge in [-0.05, 0) is 18.9 Å². The third-order valence-electron chi connectivity index (χ3n) is 4.63. The van der Waals surface area contributed by atoms with Crippen LogP contribution in [0.5, 0.6) is 5.75 Å². The highest BCUT2D eigenvalue weighted by Gasteiger charge is 2.40. The van der Waals surface area contributed by atoms with E-state index in [1.807, 2.05) is 6.07 Å². The fourth-order valence-electron chi connectivity index (χ4n) is 3.20. The van der Waals surface area contributed by atoms with Crippen molar-refractivity contribution >= 4 is 29.9 Å². The molecule has 4 nitrogen and oxygen atoms in total. The van der Waals surface area contributed by atoms with Gasteiger partial charge in [-0.3, -0.25) is 4.99 Å².